The number of rotatable bonds is 1. The summed E-state index contributed by atoms with van der Waals surface area (Å²) in [5.41, 5.74) is 1.30. The van der Waals surface area contributed by atoms with E-state index in [1.54, 1.807) is 0 Å². The Labute approximate surface area is 134 Å². The van der Waals surface area contributed by atoms with E-state index in [1.807, 2.05) is 0 Å². The van der Waals surface area contributed by atoms with E-state index in [1.165, 1.54) is 48.7 Å². The van der Waals surface area contributed by atoms with Crippen LogP contribution in [0.25, 0.3) is 43.1 Å². The van der Waals surface area contributed by atoms with Crippen molar-refractivity contribution in [3.63, 3.8) is 0 Å². The lowest BCUT2D eigenvalue weighted by Crippen LogP contribution is -1.89. The first-order valence-electron chi connectivity index (χ1n) is 7.56. The van der Waals surface area contributed by atoms with Gasteiger partial charge >= 0.3 is 0 Å². The molecule has 0 unspecified atom stereocenters. The van der Waals surface area contributed by atoms with Crippen molar-refractivity contribution in [3.8, 4) is 0 Å². The molecule has 5 aromatic rings. The molecule has 0 aromatic heterocycles. The van der Waals surface area contributed by atoms with E-state index >= 15 is 0 Å². The lowest BCUT2D eigenvalue weighted by atomic mass is 9.89. The molecule has 0 radical (unpaired) electrons. The quantitative estimate of drug-likeness (QED) is 0.214. The van der Waals surface area contributed by atoms with Crippen LogP contribution < -0.4 is 0 Å². The minimum atomic E-state index is 0.770. The largest absolute Gasteiger partial charge is 0.175 e. The van der Waals surface area contributed by atoms with Crippen LogP contribution in [0.5, 0.6) is 0 Å². The second-order valence-electron chi connectivity index (χ2n) is 5.87. The lowest BCUT2D eigenvalue weighted by Gasteiger charge is -2.15. The highest BCUT2D eigenvalue weighted by Gasteiger charge is 2.13. The fourth-order valence-corrected chi connectivity index (χ4v) is 4.12. The minimum absolute atomic E-state index is 0.770. The van der Waals surface area contributed by atoms with Gasteiger partial charge in [-0.1, -0.05) is 66.7 Å². The van der Waals surface area contributed by atoms with Crippen molar-refractivity contribution < 1.29 is 0 Å². The smallest absolute Gasteiger partial charge is 0.0160 e. The Balaban J connectivity index is 2.23. The van der Waals surface area contributed by atoms with Crippen LogP contribution in [0.1, 0.15) is 5.56 Å². The third kappa shape index (κ3) is 1.44. The van der Waals surface area contributed by atoms with Crippen LogP contribution in [0.2, 0.25) is 0 Å². The summed E-state index contributed by atoms with van der Waals surface area (Å²) >= 11 is 4.50. The third-order valence-electron chi connectivity index (χ3n) is 4.79. The molecule has 0 spiro atoms. The highest BCUT2D eigenvalue weighted by atomic mass is 32.1. The normalized spacial score (nSPS) is 12.0. The fourth-order valence-electron chi connectivity index (χ4n) is 3.84. The number of hydrogen-bond donors (Lipinski definition) is 1. The van der Waals surface area contributed by atoms with Gasteiger partial charge in [0.2, 0.25) is 0 Å². The van der Waals surface area contributed by atoms with Crippen LogP contribution in [-0.4, -0.2) is 0 Å². The SMILES string of the molecule is SCc1ccc2c3cccc4cccc(c5cccc1c52)c43. The monoisotopic (exact) mass is 298 g/mol. The predicted octanol–water partition coefficient (Wildman–Crippen LogP) is 6.17. The molecule has 0 fully saturated rings. The predicted molar refractivity (Wildman–Crippen MR) is 100 cm³/mol. The Kier molecular flexibility index (Phi) is 2.45. The van der Waals surface area contributed by atoms with E-state index in [0.29, 0.717) is 0 Å². The molecule has 0 aliphatic heterocycles. The van der Waals surface area contributed by atoms with Crippen molar-refractivity contribution in [2.75, 3.05) is 0 Å². The van der Waals surface area contributed by atoms with Gasteiger partial charge in [-0.25, -0.2) is 0 Å². The first-order chi connectivity index (χ1) is 10.9. The lowest BCUT2D eigenvalue weighted by molar-refractivity contribution is 1.49. The Morgan fingerprint density at radius 1 is 0.545 bits per heavy atom. The van der Waals surface area contributed by atoms with Gasteiger partial charge in [-0.2, -0.15) is 12.6 Å². The summed E-state index contributed by atoms with van der Waals surface area (Å²) in [7, 11) is 0. The third-order valence-corrected chi connectivity index (χ3v) is 5.13. The maximum absolute atomic E-state index is 4.50. The van der Waals surface area contributed by atoms with Crippen LogP contribution >= 0.6 is 12.6 Å². The molecular weight excluding hydrogens is 284 g/mol. The summed E-state index contributed by atoms with van der Waals surface area (Å²) in [6.45, 7) is 0. The molecule has 5 aromatic carbocycles. The van der Waals surface area contributed by atoms with Crippen molar-refractivity contribution in [1.82, 2.24) is 0 Å². The minimum Gasteiger partial charge on any atom is -0.175 e. The van der Waals surface area contributed by atoms with Gasteiger partial charge in [-0.3, -0.25) is 0 Å². The van der Waals surface area contributed by atoms with Crippen molar-refractivity contribution >= 4 is 55.7 Å². The molecule has 0 aliphatic carbocycles. The molecule has 104 valence electrons. The molecule has 0 saturated carbocycles. The van der Waals surface area contributed by atoms with Crippen LogP contribution in [0, 0.1) is 0 Å². The summed E-state index contributed by atoms with van der Waals surface area (Å²) in [6, 6.07) is 24.4. The second-order valence-corrected chi connectivity index (χ2v) is 6.18. The molecule has 0 aliphatic rings. The highest BCUT2D eigenvalue weighted by Crippen LogP contribution is 2.40. The first-order valence-corrected chi connectivity index (χ1v) is 8.19. The molecule has 0 saturated heterocycles. The zero-order valence-corrected chi connectivity index (χ0v) is 12.9. The van der Waals surface area contributed by atoms with E-state index in [0.717, 1.165) is 5.75 Å². The molecule has 0 heterocycles. The average molecular weight is 298 g/mol. The number of thiol groups is 1. The zero-order chi connectivity index (χ0) is 14.7. The Bertz CT molecular complexity index is 1100. The van der Waals surface area contributed by atoms with E-state index in [-0.39, 0.29) is 0 Å². The summed E-state index contributed by atoms with van der Waals surface area (Å²) in [4.78, 5) is 0. The maximum Gasteiger partial charge on any atom is 0.0160 e. The Morgan fingerprint density at radius 3 is 1.77 bits per heavy atom. The molecule has 1 heteroatoms. The Hall–Kier alpha value is -2.25. The topological polar surface area (TPSA) is 0 Å². The van der Waals surface area contributed by atoms with Gasteiger partial charge in [0.05, 0.1) is 0 Å². The fraction of sp³-hybridized carbons (Fsp3) is 0.0476. The van der Waals surface area contributed by atoms with E-state index in [2.05, 4.69) is 79.4 Å². The van der Waals surface area contributed by atoms with Crippen molar-refractivity contribution in [2.45, 2.75) is 5.75 Å². The highest BCUT2D eigenvalue weighted by molar-refractivity contribution is 7.79. The molecule has 5 rings (SSSR count). The molecule has 22 heavy (non-hydrogen) atoms. The summed E-state index contributed by atoms with van der Waals surface area (Å²) in [5.74, 6) is 0.770. The van der Waals surface area contributed by atoms with Crippen molar-refractivity contribution in [2.24, 2.45) is 0 Å². The van der Waals surface area contributed by atoms with Crippen LogP contribution in [0.3, 0.4) is 0 Å². The second kappa shape index (κ2) is 4.37. The Morgan fingerprint density at radius 2 is 1.09 bits per heavy atom. The van der Waals surface area contributed by atoms with Crippen molar-refractivity contribution in [3.05, 3.63) is 72.3 Å². The van der Waals surface area contributed by atoms with Gasteiger partial charge in [-0.15, -0.1) is 0 Å². The van der Waals surface area contributed by atoms with Gasteiger partial charge in [-0.05, 0) is 48.7 Å². The maximum atomic E-state index is 4.50. The summed E-state index contributed by atoms with van der Waals surface area (Å²) in [6.07, 6.45) is 0. The summed E-state index contributed by atoms with van der Waals surface area (Å²) < 4.78 is 0. The molecular formula is C21H14S. The van der Waals surface area contributed by atoms with Gasteiger partial charge in [0.25, 0.3) is 0 Å². The van der Waals surface area contributed by atoms with Crippen LogP contribution in [-0.2, 0) is 5.75 Å². The van der Waals surface area contributed by atoms with Gasteiger partial charge < -0.3 is 0 Å². The number of hydrogen-bond acceptors (Lipinski definition) is 1. The molecule has 0 nitrogen and oxygen atoms in total. The standard InChI is InChI=1S/C21H14S/c22-12-14-10-11-19-17-8-2-5-13-4-1-7-16(20(13)17)18-9-3-6-15(14)21(18)19/h1-11,22H,12H2. The van der Waals surface area contributed by atoms with E-state index < -0.39 is 0 Å². The molecule has 0 atom stereocenters. The number of fused-ring (bicyclic) bond motifs is 2. The average Bonchev–Trinajstić information content (AvgIpc) is 2.59. The number of benzene rings is 5. The first kappa shape index (κ1) is 12.3. The van der Waals surface area contributed by atoms with E-state index in [9.17, 15) is 0 Å². The summed E-state index contributed by atoms with van der Waals surface area (Å²) in [5, 5.41) is 10.8. The van der Waals surface area contributed by atoms with Gasteiger partial charge in [0, 0.05) is 5.75 Å². The van der Waals surface area contributed by atoms with Crippen LogP contribution in [0.15, 0.2) is 66.7 Å². The van der Waals surface area contributed by atoms with Gasteiger partial charge in [0.15, 0.2) is 0 Å². The van der Waals surface area contributed by atoms with Crippen molar-refractivity contribution in [1.29, 1.82) is 0 Å². The van der Waals surface area contributed by atoms with Crippen LogP contribution in [0.4, 0.5) is 0 Å². The molecule has 0 bridgehead atoms. The zero-order valence-electron chi connectivity index (χ0n) is 12.0. The molecule has 0 N–H and O–H groups in total. The van der Waals surface area contributed by atoms with E-state index in [4.69, 9.17) is 0 Å². The molecule has 0 amide bonds. The van der Waals surface area contributed by atoms with Gasteiger partial charge in [0.1, 0.15) is 0 Å².